The number of carbonyl (C=O) groups is 1. The Morgan fingerprint density at radius 3 is 2.37 bits per heavy atom. The fraction of sp³-hybridized carbons (Fsp3) is 0.533. The third-order valence-electron chi connectivity index (χ3n) is 3.41. The summed E-state index contributed by atoms with van der Waals surface area (Å²) in [7, 11) is 1.40. The largest absolute Gasteiger partial charge is 0.465 e. The van der Waals surface area contributed by atoms with E-state index >= 15 is 0 Å². The quantitative estimate of drug-likeness (QED) is 0.841. The van der Waals surface area contributed by atoms with E-state index in [1.54, 1.807) is 0 Å². The molecule has 1 fully saturated rings. The van der Waals surface area contributed by atoms with Crippen LogP contribution >= 0.6 is 0 Å². The van der Waals surface area contributed by atoms with E-state index < -0.39 is 0 Å². The summed E-state index contributed by atoms with van der Waals surface area (Å²) in [5.41, 5.74) is 1.84. The van der Waals surface area contributed by atoms with Crippen LogP contribution in [0.2, 0.25) is 0 Å². The summed E-state index contributed by atoms with van der Waals surface area (Å²) < 4.78 is 4.70. The molecule has 0 aromatic heterocycles. The molecule has 2 atom stereocenters. The van der Waals surface area contributed by atoms with Crippen molar-refractivity contribution in [2.24, 2.45) is 0 Å². The number of hydrogen-bond donors (Lipinski definition) is 1. The minimum atomic E-state index is -0.282. The molecule has 1 heterocycles. The minimum absolute atomic E-state index is 0.282. The van der Waals surface area contributed by atoms with Gasteiger partial charge in [0.15, 0.2) is 0 Å². The zero-order chi connectivity index (χ0) is 13.8. The first-order valence-corrected chi connectivity index (χ1v) is 6.74. The highest BCUT2D eigenvalue weighted by Gasteiger charge is 2.20. The Bertz CT molecular complexity index is 420. The number of rotatable bonds is 3. The maximum Gasteiger partial charge on any atom is 0.337 e. The van der Waals surface area contributed by atoms with Gasteiger partial charge in [0.1, 0.15) is 0 Å². The predicted octanol–water partition coefficient (Wildman–Crippen LogP) is 1.66. The van der Waals surface area contributed by atoms with Gasteiger partial charge in [-0.2, -0.15) is 0 Å². The van der Waals surface area contributed by atoms with Gasteiger partial charge in [-0.05, 0) is 31.5 Å². The SMILES string of the molecule is COC(=O)c1ccc(CN2CC(C)N[C@@H](C)C2)cc1. The molecule has 1 aromatic rings. The van der Waals surface area contributed by atoms with Gasteiger partial charge >= 0.3 is 5.97 Å². The van der Waals surface area contributed by atoms with Crippen molar-refractivity contribution >= 4 is 5.97 Å². The van der Waals surface area contributed by atoms with Crippen molar-refractivity contribution in [3.63, 3.8) is 0 Å². The molecule has 0 bridgehead atoms. The number of hydrogen-bond acceptors (Lipinski definition) is 4. The molecule has 0 aliphatic carbocycles. The van der Waals surface area contributed by atoms with Gasteiger partial charge in [-0.3, -0.25) is 4.90 Å². The second-order valence-electron chi connectivity index (χ2n) is 5.35. The van der Waals surface area contributed by atoms with Crippen LogP contribution in [0.15, 0.2) is 24.3 Å². The summed E-state index contributed by atoms with van der Waals surface area (Å²) in [4.78, 5) is 13.8. The number of piperazine rings is 1. The van der Waals surface area contributed by atoms with Crippen molar-refractivity contribution in [1.29, 1.82) is 0 Å². The molecule has 4 nitrogen and oxygen atoms in total. The molecule has 0 amide bonds. The summed E-state index contributed by atoms with van der Waals surface area (Å²) in [6.45, 7) is 7.47. The lowest BCUT2D eigenvalue weighted by Gasteiger charge is -2.36. The van der Waals surface area contributed by atoms with Crippen molar-refractivity contribution in [2.75, 3.05) is 20.2 Å². The second-order valence-corrected chi connectivity index (χ2v) is 5.35. The smallest absolute Gasteiger partial charge is 0.337 e. The Balaban J connectivity index is 1.97. The number of benzene rings is 1. The summed E-state index contributed by atoms with van der Waals surface area (Å²) in [5.74, 6) is -0.282. The summed E-state index contributed by atoms with van der Waals surface area (Å²) >= 11 is 0. The summed E-state index contributed by atoms with van der Waals surface area (Å²) in [6, 6.07) is 8.72. The van der Waals surface area contributed by atoms with E-state index in [1.807, 2.05) is 24.3 Å². The van der Waals surface area contributed by atoms with Gasteiger partial charge < -0.3 is 10.1 Å². The maximum absolute atomic E-state index is 11.4. The van der Waals surface area contributed by atoms with Gasteiger partial charge in [0.05, 0.1) is 12.7 Å². The van der Waals surface area contributed by atoms with E-state index in [0.29, 0.717) is 17.6 Å². The van der Waals surface area contributed by atoms with Crippen molar-refractivity contribution in [2.45, 2.75) is 32.5 Å². The third-order valence-corrected chi connectivity index (χ3v) is 3.41. The fourth-order valence-electron chi connectivity index (χ4n) is 2.69. The molecule has 4 heteroatoms. The number of methoxy groups -OCH3 is 1. The Morgan fingerprint density at radius 2 is 1.84 bits per heavy atom. The molecule has 1 saturated heterocycles. The van der Waals surface area contributed by atoms with Crippen LogP contribution in [0.3, 0.4) is 0 Å². The van der Waals surface area contributed by atoms with Gasteiger partial charge in [-0.1, -0.05) is 12.1 Å². The zero-order valence-corrected chi connectivity index (χ0v) is 11.8. The molecule has 104 valence electrons. The van der Waals surface area contributed by atoms with E-state index in [9.17, 15) is 4.79 Å². The Labute approximate surface area is 114 Å². The van der Waals surface area contributed by atoms with E-state index in [-0.39, 0.29) is 5.97 Å². The van der Waals surface area contributed by atoms with Crippen LogP contribution < -0.4 is 5.32 Å². The van der Waals surface area contributed by atoms with Crippen LogP contribution in [-0.2, 0) is 11.3 Å². The maximum atomic E-state index is 11.4. The lowest BCUT2D eigenvalue weighted by atomic mass is 10.1. The molecule has 0 spiro atoms. The first kappa shape index (κ1) is 14.0. The summed E-state index contributed by atoms with van der Waals surface area (Å²) in [6.07, 6.45) is 0. The van der Waals surface area contributed by atoms with Gasteiger partial charge in [0.25, 0.3) is 0 Å². The highest BCUT2D eigenvalue weighted by Crippen LogP contribution is 2.12. The van der Waals surface area contributed by atoms with Gasteiger partial charge in [-0.25, -0.2) is 4.79 Å². The van der Waals surface area contributed by atoms with Crippen LogP contribution in [0.25, 0.3) is 0 Å². The summed E-state index contributed by atoms with van der Waals surface area (Å²) in [5, 5.41) is 3.52. The topological polar surface area (TPSA) is 41.6 Å². The molecule has 2 rings (SSSR count). The van der Waals surface area contributed by atoms with Gasteiger partial charge in [0.2, 0.25) is 0 Å². The number of ether oxygens (including phenoxy) is 1. The Hall–Kier alpha value is -1.39. The van der Waals surface area contributed by atoms with Crippen molar-refractivity contribution in [1.82, 2.24) is 10.2 Å². The molecule has 1 aliphatic heterocycles. The molecule has 1 unspecified atom stereocenters. The molecule has 1 aromatic carbocycles. The van der Waals surface area contributed by atoms with E-state index in [0.717, 1.165) is 19.6 Å². The van der Waals surface area contributed by atoms with Crippen LogP contribution in [-0.4, -0.2) is 43.2 Å². The van der Waals surface area contributed by atoms with Gasteiger partial charge in [0, 0.05) is 31.7 Å². The van der Waals surface area contributed by atoms with Crippen molar-refractivity contribution in [3.05, 3.63) is 35.4 Å². The standard InChI is InChI=1S/C15H22N2O2/c1-11-8-17(9-12(2)16-11)10-13-4-6-14(7-5-13)15(18)19-3/h4-7,11-12,16H,8-10H2,1-3H3/t11-,12?/m0/s1. The fourth-order valence-corrected chi connectivity index (χ4v) is 2.69. The van der Waals surface area contributed by atoms with Crippen LogP contribution in [0, 0.1) is 0 Å². The molecule has 19 heavy (non-hydrogen) atoms. The predicted molar refractivity (Wildman–Crippen MR) is 75.1 cm³/mol. The highest BCUT2D eigenvalue weighted by molar-refractivity contribution is 5.89. The zero-order valence-electron chi connectivity index (χ0n) is 11.8. The molecule has 0 radical (unpaired) electrons. The first-order valence-electron chi connectivity index (χ1n) is 6.74. The van der Waals surface area contributed by atoms with Crippen molar-refractivity contribution < 1.29 is 9.53 Å². The monoisotopic (exact) mass is 262 g/mol. The average molecular weight is 262 g/mol. The average Bonchev–Trinajstić information content (AvgIpc) is 2.37. The number of carbonyl (C=O) groups excluding carboxylic acids is 1. The van der Waals surface area contributed by atoms with E-state index in [1.165, 1.54) is 12.7 Å². The second kappa shape index (κ2) is 6.17. The molecular formula is C15H22N2O2. The molecule has 1 aliphatic rings. The number of nitrogens with zero attached hydrogens (tertiary/aromatic N) is 1. The van der Waals surface area contributed by atoms with Crippen molar-refractivity contribution in [3.8, 4) is 0 Å². The van der Waals surface area contributed by atoms with Crippen LogP contribution in [0.1, 0.15) is 29.8 Å². The first-order chi connectivity index (χ1) is 9.08. The number of esters is 1. The lowest BCUT2D eigenvalue weighted by Crippen LogP contribution is -2.53. The lowest BCUT2D eigenvalue weighted by molar-refractivity contribution is 0.0600. The van der Waals surface area contributed by atoms with Crippen LogP contribution in [0.5, 0.6) is 0 Å². The Morgan fingerprint density at radius 1 is 1.26 bits per heavy atom. The van der Waals surface area contributed by atoms with Crippen LogP contribution in [0.4, 0.5) is 0 Å². The third kappa shape index (κ3) is 3.78. The Kier molecular flexibility index (Phi) is 4.56. The molecular weight excluding hydrogens is 240 g/mol. The van der Waals surface area contributed by atoms with E-state index in [2.05, 4.69) is 24.1 Å². The minimum Gasteiger partial charge on any atom is -0.465 e. The van der Waals surface area contributed by atoms with E-state index in [4.69, 9.17) is 4.74 Å². The molecule has 0 saturated carbocycles. The normalized spacial score (nSPS) is 24.2. The highest BCUT2D eigenvalue weighted by atomic mass is 16.5. The van der Waals surface area contributed by atoms with Gasteiger partial charge in [-0.15, -0.1) is 0 Å². The number of nitrogens with one attached hydrogen (secondary N) is 1. The molecule has 1 N–H and O–H groups in total.